The van der Waals surface area contributed by atoms with Crippen molar-refractivity contribution < 1.29 is 9.59 Å². The molecule has 2 amide bonds. The van der Waals surface area contributed by atoms with Gasteiger partial charge in [0.15, 0.2) is 0 Å². The largest absolute Gasteiger partial charge is 0.348 e. The van der Waals surface area contributed by atoms with Gasteiger partial charge in [0.1, 0.15) is 0 Å². The summed E-state index contributed by atoms with van der Waals surface area (Å²) in [4.78, 5) is 25.0. The average molecular weight is 342 g/mol. The van der Waals surface area contributed by atoms with Crippen molar-refractivity contribution in [3.63, 3.8) is 0 Å². The molecule has 0 aliphatic carbocycles. The minimum atomic E-state index is -0.0921. The van der Waals surface area contributed by atoms with E-state index in [0.717, 1.165) is 36.5 Å². The predicted molar refractivity (Wildman–Crippen MR) is 91.0 cm³/mol. The Morgan fingerprint density at radius 1 is 1.41 bits per heavy atom. The van der Waals surface area contributed by atoms with Gasteiger partial charge in [-0.25, -0.2) is 0 Å². The lowest BCUT2D eigenvalue weighted by molar-refractivity contribution is -0.115. The summed E-state index contributed by atoms with van der Waals surface area (Å²) < 4.78 is 0. The van der Waals surface area contributed by atoms with Crippen molar-refractivity contribution in [2.75, 3.05) is 18.4 Å². The number of amides is 2. The van der Waals surface area contributed by atoms with Crippen LogP contribution in [-0.2, 0) is 4.79 Å². The van der Waals surface area contributed by atoms with Crippen LogP contribution in [0.25, 0.3) is 0 Å². The molecular weight excluding hydrogens is 322 g/mol. The lowest BCUT2D eigenvalue weighted by atomic mass is 10.1. The molecule has 5 nitrogen and oxygen atoms in total. The molecule has 0 aromatic heterocycles. The third kappa shape index (κ3) is 3.74. The molecule has 1 saturated heterocycles. The zero-order valence-electron chi connectivity index (χ0n) is 12.3. The van der Waals surface area contributed by atoms with E-state index in [2.05, 4.69) is 16.0 Å². The Morgan fingerprint density at radius 3 is 2.95 bits per heavy atom. The SMILES string of the molecule is CC1Sc2ccc(C(=O)N[C@H]3CCCNC3)cc2NC1=O.Cl. The van der Waals surface area contributed by atoms with Crippen LogP contribution in [-0.4, -0.2) is 36.2 Å². The van der Waals surface area contributed by atoms with Crippen LogP contribution in [0.3, 0.4) is 0 Å². The van der Waals surface area contributed by atoms with E-state index in [0.29, 0.717) is 5.56 Å². The van der Waals surface area contributed by atoms with Gasteiger partial charge in [-0.2, -0.15) is 0 Å². The Bertz CT molecular complexity index is 576. The molecule has 0 bridgehead atoms. The number of piperidine rings is 1. The smallest absolute Gasteiger partial charge is 0.251 e. The molecule has 0 saturated carbocycles. The van der Waals surface area contributed by atoms with Gasteiger partial charge in [-0.1, -0.05) is 0 Å². The molecule has 1 fully saturated rings. The second-order valence-corrected chi connectivity index (χ2v) is 6.86. The number of fused-ring (bicyclic) bond motifs is 1. The van der Waals surface area contributed by atoms with Crippen LogP contribution in [0, 0.1) is 0 Å². The Hall–Kier alpha value is -1.24. The highest BCUT2D eigenvalue weighted by Crippen LogP contribution is 2.35. The molecule has 0 spiro atoms. The van der Waals surface area contributed by atoms with Crippen molar-refractivity contribution >= 4 is 41.7 Å². The predicted octanol–water partition coefficient (Wildman–Crippen LogP) is 2.02. The van der Waals surface area contributed by atoms with Gasteiger partial charge >= 0.3 is 0 Å². The zero-order valence-corrected chi connectivity index (χ0v) is 14.0. The quantitative estimate of drug-likeness (QED) is 0.769. The second kappa shape index (κ2) is 7.35. The van der Waals surface area contributed by atoms with E-state index in [1.54, 1.807) is 6.07 Å². The van der Waals surface area contributed by atoms with Crippen LogP contribution >= 0.6 is 24.2 Å². The summed E-state index contributed by atoms with van der Waals surface area (Å²) in [7, 11) is 0. The highest BCUT2D eigenvalue weighted by atomic mass is 35.5. The van der Waals surface area contributed by atoms with Gasteiger partial charge in [-0.15, -0.1) is 24.2 Å². The number of hydrogen-bond acceptors (Lipinski definition) is 4. The third-order valence-electron chi connectivity index (χ3n) is 3.80. The Labute approximate surface area is 140 Å². The molecule has 1 aromatic carbocycles. The molecular formula is C15H20ClN3O2S. The van der Waals surface area contributed by atoms with Gasteiger partial charge in [-0.05, 0) is 44.5 Å². The fraction of sp³-hybridized carbons (Fsp3) is 0.467. The molecule has 1 aromatic rings. The number of hydrogen-bond donors (Lipinski definition) is 3. The topological polar surface area (TPSA) is 70.2 Å². The maximum absolute atomic E-state index is 12.3. The first-order valence-corrected chi connectivity index (χ1v) is 8.14. The van der Waals surface area contributed by atoms with Gasteiger partial charge in [0, 0.05) is 23.0 Å². The monoisotopic (exact) mass is 341 g/mol. The fourth-order valence-electron chi connectivity index (χ4n) is 2.59. The minimum absolute atomic E-state index is 0. The van der Waals surface area contributed by atoms with Crippen LogP contribution in [0.5, 0.6) is 0 Å². The van der Waals surface area contributed by atoms with Crippen molar-refractivity contribution in [2.24, 2.45) is 0 Å². The number of nitrogens with one attached hydrogen (secondary N) is 3. The first kappa shape index (κ1) is 17.1. The summed E-state index contributed by atoms with van der Waals surface area (Å²) >= 11 is 1.52. The number of benzene rings is 1. The first-order chi connectivity index (χ1) is 10.1. The minimum Gasteiger partial charge on any atom is -0.348 e. The van der Waals surface area contributed by atoms with E-state index in [4.69, 9.17) is 0 Å². The third-order valence-corrected chi connectivity index (χ3v) is 4.98. The van der Waals surface area contributed by atoms with Gasteiger partial charge in [0.2, 0.25) is 5.91 Å². The van der Waals surface area contributed by atoms with E-state index in [-0.39, 0.29) is 35.5 Å². The summed E-state index contributed by atoms with van der Waals surface area (Å²) in [6.07, 6.45) is 2.09. The summed E-state index contributed by atoms with van der Waals surface area (Å²) in [6.45, 7) is 3.72. The summed E-state index contributed by atoms with van der Waals surface area (Å²) in [6, 6.07) is 5.68. The first-order valence-electron chi connectivity index (χ1n) is 7.26. The molecule has 3 N–H and O–H groups in total. The molecule has 2 atom stereocenters. The van der Waals surface area contributed by atoms with Crippen LogP contribution < -0.4 is 16.0 Å². The number of anilines is 1. The lowest BCUT2D eigenvalue weighted by Crippen LogP contribution is -2.45. The maximum atomic E-state index is 12.3. The number of thioether (sulfide) groups is 1. The molecule has 120 valence electrons. The molecule has 3 rings (SSSR count). The van der Waals surface area contributed by atoms with Crippen molar-refractivity contribution in [1.29, 1.82) is 0 Å². The Kier molecular flexibility index (Phi) is 5.72. The molecule has 22 heavy (non-hydrogen) atoms. The standard InChI is InChI=1S/C15H19N3O2S.ClH/c1-9-14(19)18-12-7-10(4-5-13(12)21-9)15(20)17-11-3-2-6-16-8-11;/h4-5,7,9,11,16H,2-3,6,8H2,1H3,(H,17,20)(H,18,19);1H/t9?,11-;/m0./s1. The van der Waals surface area contributed by atoms with Crippen molar-refractivity contribution in [2.45, 2.75) is 36.0 Å². The molecule has 2 aliphatic heterocycles. The van der Waals surface area contributed by atoms with E-state index in [1.165, 1.54) is 11.8 Å². The normalized spacial score (nSPS) is 23.8. The number of halogens is 1. The molecule has 7 heteroatoms. The highest BCUT2D eigenvalue weighted by molar-refractivity contribution is 8.00. The summed E-state index contributed by atoms with van der Waals surface area (Å²) in [5, 5.41) is 9.08. The van der Waals surface area contributed by atoms with Gasteiger partial charge in [0.25, 0.3) is 5.91 Å². The second-order valence-electron chi connectivity index (χ2n) is 5.48. The number of carbonyl (C=O) groups excluding carboxylic acids is 2. The van der Waals surface area contributed by atoms with Crippen molar-refractivity contribution in [3.05, 3.63) is 23.8 Å². The van der Waals surface area contributed by atoms with Gasteiger partial charge < -0.3 is 16.0 Å². The Balaban J connectivity index is 0.00000176. The van der Waals surface area contributed by atoms with Crippen LogP contribution in [0.15, 0.2) is 23.1 Å². The molecule has 2 heterocycles. The fourth-order valence-corrected chi connectivity index (χ4v) is 3.52. The number of rotatable bonds is 2. The van der Waals surface area contributed by atoms with Crippen LogP contribution in [0.4, 0.5) is 5.69 Å². The molecule has 0 radical (unpaired) electrons. The maximum Gasteiger partial charge on any atom is 0.251 e. The van der Waals surface area contributed by atoms with Crippen LogP contribution in [0.1, 0.15) is 30.1 Å². The van der Waals surface area contributed by atoms with E-state index < -0.39 is 0 Å². The number of carbonyl (C=O) groups is 2. The zero-order chi connectivity index (χ0) is 14.8. The summed E-state index contributed by atoms with van der Waals surface area (Å²) in [5.74, 6) is -0.0918. The van der Waals surface area contributed by atoms with Crippen molar-refractivity contribution in [3.8, 4) is 0 Å². The van der Waals surface area contributed by atoms with Crippen molar-refractivity contribution in [1.82, 2.24) is 10.6 Å². The van der Waals surface area contributed by atoms with E-state index >= 15 is 0 Å². The van der Waals surface area contributed by atoms with Crippen LogP contribution in [0.2, 0.25) is 0 Å². The van der Waals surface area contributed by atoms with E-state index in [1.807, 2.05) is 19.1 Å². The van der Waals surface area contributed by atoms with Gasteiger partial charge in [-0.3, -0.25) is 9.59 Å². The summed E-state index contributed by atoms with van der Waals surface area (Å²) in [5.41, 5.74) is 1.33. The molecule has 2 aliphatic rings. The highest BCUT2D eigenvalue weighted by Gasteiger charge is 2.24. The average Bonchev–Trinajstić information content (AvgIpc) is 2.49. The Morgan fingerprint density at radius 2 is 2.23 bits per heavy atom. The molecule has 1 unspecified atom stereocenters. The van der Waals surface area contributed by atoms with E-state index in [9.17, 15) is 9.59 Å². The van der Waals surface area contributed by atoms with Gasteiger partial charge in [0.05, 0.1) is 10.9 Å². The lowest BCUT2D eigenvalue weighted by Gasteiger charge is -2.25.